The highest BCUT2D eigenvalue weighted by atomic mass is 79.9. The zero-order valence-electron chi connectivity index (χ0n) is 15.6. The summed E-state index contributed by atoms with van der Waals surface area (Å²) in [6.07, 6.45) is 1.78. The Bertz CT molecular complexity index is 1010. The largest absolute Gasteiger partial charge is 0.338 e. The summed E-state index contributed by atoms with van der Waals surface area (Å²) in [5.41, 5.74) is 1.54. The van der Waals surface area contributed by atoms with E-state index in [2.05, 4.69) is 36.3 Å². The van der Waals surface area contributed by atoms with Crippen LogP contribution >= 0.6 is 27.5 Å². The number of para-hydroxylation sites is 1. The van der Waals surface area contributed by atoms with Crippen LogP contribution in [0.2, 0.25) is 5.02 Å². The Kier molecular flexibility index (Phi) is 6.28. The average Bonchev–Trinajstić information content (AvgIpc) is 3.18. The molecule has 1 aromatic heterocycles. The van der Waals surface area contributed by atoms with Gasteiger partial charge in [-0.05, 0) is 43.7 Å². The fourth-order valence-electron chi connectivity index (χ4n) is 3.47. The quantitative estimate of drug-likeness (QED) is 0.562. The zero-order valence-corrected chi connectivity index (χ0v) is 18.0. The number of hydrogen-bond donors (Lipinski definition) is 1. The number of rotatable bonds is 5. The van der Waals surface area contributed by atoms with Crippen LogP contribution in [0.1, 0.15) is 18.7 Å². The molecule has 0 saturated carbocycles. The molecule has 1 unspecified atom stereocenters. The summed E-state index contributed by atoms with van der Waals surface area (Å²) < 4.78 is 6.40. The molecule has 6 nitrogen and oxygen atoms in total. The van der Waals surface area contributed by atoms with Crippen LogP contribution in [0.3, 0.4) is 0 Å². The molecule has 1 atom stereocenters. The van der Waals surface area contributed by atoms with Gasteiger partial charge in [0.05, 0.1) is 23.2 Å². The number of nitrogens with zero attached hydrogens (tertiary/aromatic N) is 3. The lowest BCUT2D eigenvalue weighted by Gasteiger charge is -2.30. The van der Waals surface area contributed by atoms with E-state index < -0.39 is 0 Å². The van der Waals surface area contributed by atoms with Crippen molar-refractivity contribution < 1.29 is 9.32 Å². The number of carbonyl (C=O) groups excluding carboxylic acids is 1. The van der Waals surface area contributed by atoms with Gasteiger partial charge in [-0.15, -0.1) is 0 Å². The third-order valence-electron chi connectivity index (χ3n) is 4.92. The van der Waals surface area contributed by atoms with Gasteiger partial charge in [-0.1, -0.05) is 57.0 Å². The topological polar surface area (TPSA) is 71.3 Å². The van der Waals surface area contributed by atoms with E-state index in [0.29, 0.717) is 35.5 Å². The predicted molar refractivity (Wildman–Crippen MR) is 116 cm³/mol. The van der Waals surface area contributed by atoms with Gasteiger partial charge in [0.15, 0.2) is 0 Å². The van der Waals surface area contributed by atoms with Crippen molar-refractivity contribution in [3.05, 3.63) is 63.9 Å². The molecular formula is C21H20BrClN4O2. The van der Waals surface area contributed by atoms with E-state index in [4.69, 9.17) is 16.1 Å². The third kappa shape index (κ3) is 5.04. The number of piperidine rings is 1. The lowest BCUT2D eigenvalue weighted by atomic mass is 9.97. The normalized spacial score (nSPS) is 17.2. The van der Waals surface area contributed by atoms with Gasteiger partial charge >= 0.3 is 0 Å². The van der Waals surface area contributed by atoms with Gasteiger partial charge in [-0.3, -0.25) is 9.69 Å². The molecule has 150 valence electrons. The molecule has 0 spiro atoms. The maximum Gasteiger partial charge on any atom is 0.241 e. The van der Waals surface area contributed by atoms with Crippen molar-refractivity contribution in [2.75, 3.05) is 18.4 Å². The van der Waals surface area contributed by atoms with E-state index >= 15 is 0 Å². The summed E-state index contributed by atoms with van der Waals surface area (Å²) in [6, 6.07) is 15.0. The maximum atomic E-state index is 12.7. The van der Waals surface area contributed by atoms with E-state index in [-0.39, 0.29) is 11.8 Å². The molecular weight excluding hydrogens is 456 g/mol. The number of anilines is 1. The molecule has 1 N–H and O–H groups in total. The number of halogens is 2. The molecule has 0 bridgehead atoms. The fraction of sp³-hybridized carbons (Fsp3) is 0.286. The zero-order chi connectivity index (χ0) is 20.2. The van der Waals surface area contributed by atoms with Crippen LogP contribution in [-0.4, -0.2) is 34.0 Å². The first-order valence-corrected chi connectivity index (χ1v) is 10.6. The Labute approximate surface area is 182 Å². The van der Waals surface area contributed by atoms with Gasteiger partial charge in [0.1, 0.15) is 0 Å². The Balaban J connectivity index is 1.38. The first-order valence-electron chi connectivity index (χ1n) is 9.45. The predicted octanol–water partition coefficient (Wildman–Crippen LogP) is 5.00. The summed E-state index contributed by atoms with van der Waals surface area (Å²) in [5.74, 6) is 0.995. The fourth-order valence-corrected chi connectivity index (χ4v) is 4.05. The van der Waals surface area contributed by atoms with Gasteiger partial charge in [0.2, 0.25) is 17.6 Å². The van der Waals surface area contributed by atoms with Crippen molar-refractivity contribution in [3.8, 4) is 11.4 Å². The third-order valence-corrected chi connectivity index (χ3v) is 5.74. The second-order valence-electron chi connectivity index (χ2n) is 7.07. The van der Waals surface area contributed by atoms with E-state index in [9.17, 15) is 4.79 Å². The van der Waals surface area contributed by atoms with Crippen LogP contribution in [0.5, 0.6) is 0 Å². The Morgan fingerprint density at radius 2 is 2.14 bits per heavy atom. The number of nitrogens with one attached hydrogen (secondary N) is 1. The van der Waals surface area contributed by atoms with Gasteiger partial charge in [0, 0.05) is 16.6 Å². The Hall–Kier alpha value is -2.22. The number of carbonyl (C=O) groups is 1. The van der Waals surface area contributed by atoms with E-state index in [0.717, 1.165) is 29.4 Å². The van der Waals surface area contributed by atoms with Gasteiger partial charge in [-0.25, -0.2) is 0 Å². The summed E-state index contributed by atoms with van der Waals surface area (Å²) in [5, 5.41) is 7.57. The van der Waals surface area contributed by atoms with Crippen molar-refractivity contribution >= 4 is 39.1 Å². The second kappa shape index (κ2) is 9.07. The molecule has 1 aliphatic rings. The molecule has 1 amide bonds. The lowest BCUT2D eigenvalue weighted by Crippen LogP contribution is -2.40. The van der Waals surface area contributed by atoms with Crippen LogP contribution in [0.4, 0.5) is 5.69 Å². The summed E-state index contributed by atoms with van der Waals surface area (Å²) in [7, 11) is 0. The molecule has 0 radical (unpaired) electrons. The molecule has 8 heteroatoms. The minimum Gasteiger partial charge on any atom is -0.338 e. The highest BCUT2D eigenvalue weighted by Gasteiger charge is 2.27. The second-order valence-corrected chi connectivity index (χ2v) is 8.39. The van der Waals surface area contributed by atoms with Crippen molar-refractivity contribution in [2.45, 2.75) is 19.4 Å². The number of benzene rings is 2. The maximum absolute atomic E-state index is 12.7. The Morgan fingerprint density at radius 3 is 2.97 bits per heavy atom. The van der Waals surface area contributed by atoms with Crippen molar-refractivity contribution in [1.82, 2.24) is 15.0 Å². The number of hydrogen-bond acceptors (Lipinski definition) is 5. The highest BCUT2D eigenvalue weighted by Crippen LogP contribution is 2.25. The van der Waals surface area contributed by atoms with E-state index in [1.54, 1.807) is 6.07 Å². The molecule has 29 heavy (non-hydrogen) atoms. The average molecular weight is 476 g/mol. The van der Waals surface area contributed by atoms with Gasteiger partial charge in [0.25, 0.3) is 0 Å². The first-order chi connectivity index (χ1) is 14.1. The minimum atomic E-state index is -0.104. The Morgan fingerprint density at radius 1 is 1.28 bits per heavy atom. The molecule has 2 aromatic carbocycles. The van der Waals surface area contributed by atoms with Crippen molar-refractivity contribution in [1.29, 1.82) is 0 Å². The smallest absolute Gasteiger partial charge is 0.241 e. The molecule has 3 aromatic rings. The monoisotopic (exact) mass is 474 g/mol. The lowest BCUT2D eigenvalue weighted by molar-refractivity contribution is -0.121. The number of aromatic nitrogens is 2. The number of likely N-dealkylation sites (tertiary alicyclic amines) is 1. The first kappa shape index (κ1) is 20.1. The standard InChI is InChI=1S/C21H20BrClN4O2/c22-16-7-3-5-14(11-16)20-25-19(29-26-20)13-27-10-4-6-15(12-27)21(28)24-18-9-2-1-8-17(18)23/h1-3,5,7-9,11,15H,4,6,10,12-13H2,(H,24,28). The van der Waals surface area contributed by atoms with Crippen LogP contribution in [0.15, 0.2) is 57.5 Å². The highest BCUT2D eigenvalue weighted by molar-refractivity contribution is 9.10. The van der Waals surface area contributed by atoms with Crippen molar-refractivity contribution in [3.63, 3.8) is 0 Å². The van der Waals surface area contributed by atoms with Crippen LogP contribution in [0, 0.1) is 5.92 Å². The van der Waals surface area contributed by atoms with Gasteiger partial charge in [-0.2, -0.15) is 4.98 Å². The van der Waals surface area contributed by atoms with E-state index in [1.165, 1.54) is 0 Å². The molecule has 2 heterocycles. The van der Waals surface area contributed by atoms with Crippen molar-refractivity contribution in [2.24, 2.45) is 5.92 Å². The molecule has 1 fully saturated rings. The SMILES string of the molecule is O=C(Nc1ccccc1Cl)C1CCCN(Cc2nc(-c3cccc(Br)c3)no2)C1. The van der Waals surface area contributed by atoms with Crippen LogP contribution < -0.4 is 5.32 Å². The van der Waals surface area contributed by atoms with Crippen LogP contribution in [0.25, 0.3) is 11.4 Å². The van der Waals surface area contributed by atoms with Crippen LogP contribution in [-0.2, 0) is 11.3 Å². The molecule has 0 aliphatic carbocycles. The molecule has 4 rings (SSSR count). The van der Waals surface area contributed by atoms with Gasteiger partial charge < -0.3 is 9.84 Å². The van der Waals surface area contributed by atoms with E-state index in [1.807, 2.05) is 42.5 Å². The summed E-state index contributed by atoms with van der Waals surface area (Å²) >= 11 is 9.60. The summed E-state index contributed by atoms with van der Waals surface area (Å²) in [6.45, 7) is 2.06. The number of amides is 1. The minimum absolute atomic E-state index is 0.0110. The molecule has 1 aliphatic heterocycles. The molecule has 1 saturated heterocycles. The summed E-state index contributed by atoms with van der Waals surface area (Å²) in [4.78, 5) is 19.4.